The van der Waals surface area contributed by atoms with E-state index < -0.39 is 10.8 Å². The molecule has 0 heterocycles. The first-order valence-corrected chi connectivity index (χ1v) is 11.6. The Morgan fingerprint density at radius 3 is 1.59 bits per heavy atom. The highest BCUT2D eigenvalue weighted by molar-refractivity contribution is 6.44. The van der Waals surface area contributed by atoms with Gasteiger partial charge in [0.1, 0.15) is 11.4 Å². The third-order valence-electron chi connectivity index (χ3n) is 4.68. The molecule has 0 saturated heterocycles. The Morgan fingerprint density at radius 2 is 1.14 bits per heavy atom. The lowest BCUT2D eigenvalue weighted by Crippen LogP contribution is -2.11. The molecule has 1 aromatic rings. The highest BCUT2D eigenvalue weighted by Crippen LogP contribution is 2.12. The average molecular weight is 445 g/mol. The van der Waals surface area contributed by atoms with Gasteiger partial charge in [-0.25, -0.2) is 9.59 Å². The first-order chi connectivity index (χ1) is 14.0. The van der Waals surface area contributed by atoms with Crippen LogP contribution in [0.5, 0.6) is 0 Å². The minimum absolute atomic E-state index is 0.0787. The maximum absolute atomic E-state index is 12.0. The molecule has 0 fully saturated rings. The van der Waals surface area contributed by atoms with E-state index in [2.05, 4.69) is 6.92 Å². The zero-order valence-corrected chi connectivity index (χ0v) is 19.0. The van der Waals surface area contributed by atoms with Gasteiger partial charge in [-0.15, -0.1) is 23.2 Å². The van der Waals surface area contributed by atoms with E-state index in [1.165, 1.54) is 69.9 Å². The Kier molecular flexibility index (Phi) is 14.7. The molecule has 6 heteroatoms. The number of unbranched alkanes of at least 4 members (excludes halogenated alkanes) is 10. The Balaban J connectivity index is 2.09. The molecule has 0 bridgehead atoms. The number of rotatable bonds is 16. The third kappa shape index (κ3) is 12.8. The Bertz CT molecular complexity index is 573. The van der Waals surface area contributed by atoms with Crippen LogP contribution in [0.2, 0.25) is 0 Å². The number of alkyl halides is 2. The van der Waals surface area contributed by atoms with Crippen molar-refractivity contribution in [1.29, 1.82) is 0 Å². The van der Waals surface area contributed by atoms with Crippen LogP contribution in [0.1, 0.15) is 98.3 Å². The number of halogens is 2. The highest BCUT2D eigenvalue weighted by atomic mass is 35.5. The molecule has 0 radical (unpaired) electrons. The van der Waals surface area contributed by atoms with E-state index in [-0.39, 0.29) is 12.6 Å². The zero-order valence-electron chi connectivity index (χ0n) is 17.5. The summed E-state index contributed by atoms with van der Waals surface area (Å²) in [6.07, 6.45) is 13.8. The lowest BCUT2D eigenvalue weighted by atomic mass is 10.1. The molecule has 164 valence electrons. The normalized spacial score (nSPS) is 10.9. The van der Waals surface area contributed by atoms with E-state index in [4.69, 9.17) is 32.7 Å². The molecule has 0 atom stereocenters. The molecule has 0 unspecified atom stereocenters. The Labute approximate surface area is 185 Å². The predicted molar refractivity (Wildman–Crippen MR) is 119 cm³/mol. The van der Waals surface area contributed by atoms with Crippen molar-refractivity contribution in [2.45, 2.75) is 82.4 Å². The smallest absolute Gasteiger partial charge is 0.338 e. The summed E-state index contributed by atoms with van der Waals surface area (Å²) in [6, 6.07) is 6.16. The Hall–Kier alpha value is -1.26. The molecule has 4 nitrogen and oxygen atoms in total. The van der Waals surface area contributed by atoms with Gasteiger partial charge in [0.15, 0.2) is 0 Å². The van der Waals surface area contributed by atoms with Gasteiger partial charge in [-0.3, -0.25) is 0 Å². The minimum atomic E-state index is -0.760. The fourth-order valence-corrected chi connectivity index (χ4v) is 3.10. The summed E-state index contributed by atoms with van der Waals surface area (Å²) in [5.41, 5.74) is 0.748. The fraction of sp³-hybridized carbons (Fsp3) is 0.652. The maximum Gasteiger partial charge on any atom is 0.338 e. The van der Waals surface area contributed by atoms with Crippen LogP contribution in [0.4, 0.5) is 0 Å². The Morgan fingerprint density at radius 1 is 0.724 bits per heavy atom. The monoisotopic (exact) mass is 444 g/mol. The molecule has 0 aromatic heterocycles. The topological polar surface area (TPSA) is 52.6 Å². The molecule has 29 heavy (non-hydrogen) atoms. The van der Waals surface area contributed by atoms with Gasteiger partial charge in [0.25, 0.3) is 0 Å². The van der Waals surface area contributed by atoms with Crippen molar-refractivity contribution in [2.24, 2.45) is 0 Å². The molecule has 0 aliphatic carbocycles. The maximum atomic E-state index is 12.0. The van der Waals surface area contributed by atoms with Gasteiger partial charge in [0.2, 0.25) is 0 Å². The van der Waals surface area contributed by atoms with Gasteiger partial charge in [-0.2, -0.15) is 0 Å². The number of esters is 2. The van der Waals surface area contributed by atoms with Crippen molar-refractivity contribution in [3.63, 3.8) is 0 Å². The van der Waals surface area contributed by atoms with Gasteiger partial charge in [0.05, 0.1) is 17.7 Å². The van der Waals surface area contributed by atoms with Crippen LogP contribution in [-0.4, -0.2) is 30.0 Å². The number of hydrogen-bond donors (Lipinski definition) is 0. The van der Waals surface area contributed by atoms with Gasteiger partial charge in [-0.05, 0) is 30.7 Å². The number of carbonyl (C=O) groups is 2. The second-order valence-electron chi connectivity index (χ2n) is 7.24. The number of carbonyl (C=O) groups excluding carboxylic acids is 2. The van der Waals surface area contributed by atoms with E-state index in [0.29, 0.717) is 17.7 Å². The van der Waals surface area contributed by atoms with Crippen LogP contribution >= 0.6 is 23.2 Å². The van der Waals surface area contributed by atoms with Crippen molar-refractivity contribution >= 4 is 35.1 Å². The van der Waals surface area contributed by atoms with Crippen LogP contribution in [0.15, 0.2) is 24.3 Å². The highest BCUT2D eigenvalue weighted by Gasteiger charge is 2.12. The second kappa shape index (κ2) is 16.5. The molecule has 0 saturated carbocycles. The summed E-state index contributed by atoms with van der Waals surface area (Å²) >= 11 is 11.1. The molecule has 0 aliphatic rings. The van der Waals surface area contributed by atoms with Crippen molar-refractivity contribution in [3.8, 4) is 0 Å². The lowest BCUT2D eigenvalue weighted by Gasteiger charge is -2.07. The van der Waals surface area contributed by atoms with Crippen LogP contribution in [-0.2, 0) is 9.47 Å². The lowest BCUT2D eigenvalue weighted by molar-refractivity contribution is 0.0490. The summed E-state index contributed by atoms with van der Waals surface area (Å²) in [5, 5.41) is 0. The molecule has 1 rings (SSSR count). The number of ether oxygens (including phenoxy) is 2. The van der Waals surface area contributed by atoms with E-state index in [1.54, 1.807) is 12.1 Å². The predicted octanol–water partition coefficient (Wildman–Crippen LogP) is 7.11. The van der Waals surface area contributed by atoms with Crippen molar-refractivity contribution in [2.75, 3.05) is 13.2 Å². The van der Waals surface area contributed by atoms with Crippen molar-refractivity contribution < 1.29 is 19.1 Å². The SMILES string of the molecule is CCCCCCCCCCCCCOC(=O)c1ccc(C(=O)OCC(Cl)Cl)cc1. The van der Waals surface area contributed by atoms with Gasteiger partial charge >= 0.3 is 11.9 Å². The van der Waals surface area contributed by atoms with E-state index in [1.807, 2.05) is 0 Å². The minimum Gasteiger partial charge on any atom is -0.462 e. The van der Waals surface area contributed by atoms with Gasteiger partial charge < -0.3 is 9.47 Å². The fourth-order valence-electron chi connectivity index (χ4n) is 2.98. The summed E-state index contributed by atoms with van der Waals surface area (Å²) < 4.78 is 10.2. The van der Waals surface area contributed by atoms with Crippen LogP contribution in [0.3, 0.4) is 0 Å². The summed E-state index contributed by atoms with van der Waals surface area (Å²) in [6.45, 7) is 2.59. The second-order valence-corrected chi connectivity index (χ2v) is 8.52. The van der Waals surface area contributed by atoms with Crippen LogP contribution in [0.25, 0.3) is 0 Å². The molecule has 0 aliphatic heterocycles. The molecule has 1 aromatic carbocycles. The first-order valence-electron chi connectivity index (χ1n) is 10.8. The van der Waals surface area contributed by atoms with Crippen molar-refractivity contribution in [1.82, 2.24) is 0 Å². The zero-order chi connectivity index (χ0) is 21.3. The standard InChI is InChI=1S/C23H34Cl2O4/c1-2-3-4-5-6-7-8-9-10-11-12-17-28-22(26)19-13-15-20(16-14-19)23(27)29-18-21(24)25/h13-16,21H,2-12,17-18H2,1H3. The molecular weight excluding hydrogens is 411 g/mol. The van der Waals surface area contributed by atoms with Gasteiger partial charge in [0, 0.05) is 0 Å². The summed E-state index contributed by atoms with van der Waals surface area (Å²) in [7, 11) is 0. The number of hydrogen-bond acceptors (Lipinski definition) is 4. The van der Waals surface area contributed by atoms with Crippen LogP contribution < -0.4 is 0 Å². The van der Waals surface area contributed by atoms with E-state index >= 15 is 0 Å². The largest absolute Gasteiger partial charge is 0.462 e. The third-order valence-corrected chi connectivity index (χ3v) is 4.93. The number of benzene rings is 1. The average Bonchev–Trinajstić information content (AvgIpc) is 2.72. The first kappa shape index (κ1) is 25.8. The molecule has 0 spiro atoms. The summed E-state index contributed by atoms with van der Waals surface area (Å²) in [4.78, 5) is 23.1. The van der Waals surface area contributed by atoms with Gasteiger partial charge in [-0.1, -0.05) is 71.1 Å². The van der Waals surface area contributed by atoms with E-state index in [0.717, 1.165) is 12.8 Å². The molecular formula is C23H34Cl2O4. The van der Waals surface area contributed by atoms with E-state index in [9.17, 15) is 9.59 Å². The quantitative estimate of drug-likeness (QED) is 0.155. The van der Waals surface area contributed by atoms with Crippen molar-refractivity contribution in [3.05, 3.63) is 35.4 Å². The summed E-state index contributed by atoms with van der Waals surface area (Å²) in [5.74, 6) is -0.907. The molecule has 0 amide bonds. The van der Waals surface area contributed by atoms with Crippen LogP contribution in [0, 0.1) is 0 Å². The molecule has 0 N–H and O–H groups in total.